The molecule has 0 atom stereocenters. The molecule has 0 spiro atoms. The minimum absolute atomic E-state index is 0.626. The zero-order chi connectivity index (χ0) is 5.70. The maximum absolute atomic E-state index is 8.05. The molecular formula is C3H10O3Si. The van der Waals surface area contributed by atoms with Crippen molar-refractivity contribution < 1.29 is 14.6 Å². The maximum Gasteiger partial charge on any atom is 0.256 e. The Bertz CT molecular complexity index is 39.2. The van der Waals surface area contributed by atoms with Gasteiger partial charge in [0.25, 0.3) is 6.48 Å². The second-order valence-corrected chi connectivity index (χ2v) is 2.94. The Hall–Kier alpha value is 0.0969. The van der Waals surface area contributed by atoms with Crippen molar-refractivity contribution in [1.82, 2.24) is 0 Å². The van der Waals surface area contributed by atoms with Crippen LogP contribution in [0.5, 0.6) is 0 Å². The molecule has 0 aliphatic heterocycles. The van der Waals surface area contributed by atoms with Gasteiger partial charge in [-0.3, -0.25) is 0 Å². The Balaban J connectivity index is 2.68. The molecule has 0 aliphatic carbocycles. The molecule has 0 amide bonds. The predicted molar refractivity (Wildman–Crippen MR) is 28.3 cm³/mol. The first-order valence-electron chi connectivity index (χ1n) is 2.25. The zero-order valence-electron chi connectivity index (χ0n) is 4.29. The largest absolute Gasteiger partial charge is 0.379 e. The Morgan fingerprint density at radius 2 is 2.29 bits per heavy atom. The second kappa shape index (κ2) is 4.26. The summed E-state index contributed by atoms with van der Waals surface area (Å²) in [7, 11) is -0.626. The van der Waals surface area contributed by atoms with E-state index in [0.29, 0.717) is 0 Å². The fourth-order valence-electron chi connectivity index (χ4n) is 0.223. The number of aliphatic hydroxyl groups is 2. The molecule has 0 aliphatic rings. The summed E-state index contributed by atoms with van der Waals surface area (Å²) in [5.41, 5.74) is 0. The fraction of sp³-hybridized carbons (Fsp3) is 1.00. The van der Waals surface area contributed by atoms with Gasteiger partial charge in [-0.2, -0.15) is 0 Å². The smallest absolute Gasteiger partial charge is 0.256 e. The molecule has 2 N–H and O–H groups in total. The lowest BCUT2D eigenvalue weighted by Crippen LogP contribution is -2.12. The number of aliphatic hydroxyl groups excluding tert-OH is 1. The topological polar surface area (TPSA) is 49.7 Å². The minimum atomic E-state index is -1.54. The van der Waals surface area contributed by atoms with E-state index in [1.807, 2.05) is 6.92 Å². The average molecular weight is 122 g/mol. The van der Waals surface area contributed by atoms with E-state index < -0.39 is 16.2 Å². The van der Waals surface area contributed by atoms with Crippen LogP contribution in [-0.4, -0.2) is 26.5 Å². The first kappa shape index (κ1) is 7.10. The van der Waals surface area contributed by atoms with Gasteiger partial charge >= 0.3 is 0 Å². The van der Waals surface area contributed by atoms with E-state index in [0.717, 1.165) is 6.04 Å². The van der Waals surface area contributed by atoms with Crippen molar-refractivity contribution in [1.29, 1.82) is 0 Å². The van der Waals surface area contributed by atoms with E-state index in [4.69, 9.17) is 10.2 Å². The van der Waals surface area contributed by atoms with Crippen LogP contribution < -0.4 is 0 Å². The van der Waals surface area contributed by atoms with E-state index in [9.17, 15) is 0 Å². The van der Waals surface area contributed by atoms with Crippen LogP contribution in [0.15, 0.2) is 0 Å². The normalized spacial score (nSPS) is 12.0. The highest BCUT2D eigenvalue weighted by molar-refractivity contribution is 6.26. The van der Waals surface area contributed by atoms with Gasteiger partial charge in [0, 0.05) is 0 Å². The van der Waals surface area contributed by atoms with E-state index in [1.54, 1.807) is 0 Å². The van der Waals surface area contributed by atoms with Gasteiger partial charge in [-0.25, -0.2) is 0 Å². The van der Waals surface area contributed by atoms with Gasteiger partial charge in [0.05, 0.1) is 0 Å². The molecule has 4 heteroatoms. The van der Waals surface area contributed by atoms with Gasteiger partial charge in [-0.15, -0.1) is 0 Å². The van der Waals surface area contributed by atoms with E-state index in [-0.39, 0.29) is 0 Å². The first-order chi connectivity index (χ1) is 3.27. The summed E-state index contributed by atoms with van der Waals surface area (Å²) in [5.74, 6) is 0. The molecule has 44 valence electrons. The molecule has 7 heavy (non-hydrogen) atoms. The highest BCUT2D eigenvalue weighted by Gasteiger charge is 1.91. The lowest BCUT2D eigenvalue weighted by Gasteiger charge is -2.00. The van der Waals surface area contributed by atoms with Crippen LogP contribution in [0.3, 0.4) is 0 Å². The molecule has 0 aromatic carbocycles. The summed E-state index contributed by atoms with van der Waals surface area (Å²) in [5, 5.41) is 16.1. The van der Waals surface area contributed by atoms with Crippen molar-refractivity contribution in [3.63, 3.8) is 0 Å². The summed E-state index contributed by atoms with van der Waals surface area (Å²) < 4.78 is 4.44. The third kappa shape index (κ3) is 6.10. The molecule has 0 saturated heterocycles. The van der Waals surface area contributed by atoms with Crippen LogP contribution in [0, 0.1) is 0 Å². The van der Waals surface area contributed by atoms with Crippen molar-refractivity contribution in [3.8, 4) is 0 Å². The van der Waals surface area contributed by atoms with Crippen molar-refractivity contribution in [2.45, 2.75) is 19.4 Å². The Kier molecular flexibility index (Phi) is 4.32. The van der Waals surface area contributed by atoms with Crippen LogP contribution in [0.2, 0.25) is 6.04 Å². The first-order valence-corrected chi connectivity index (χ1v) is 3.83. The maximum atomic E-state index is 8.05. The summed E-state index contributed by atoms with van der Waals surface area (Å²) in [6, 6.07) is 0.942. The summed E-state index contributed by atoms with van der Waals surface area (Å²) in [4.78, 5) is 0. The molecule has 3 nitrogen and oxygen atoms in total. The molecule has 0 rings (SSSR count). The average Bonchev–Trinajstić information content (AvgIpc) is 1.61. The van der Waals surface area contributed by atoms with Gasteiger partial charge in [0.2, 0.25) is 0 Å². The quantitative estimate of drug-likeness (QED) is 0.365. The molecule has 0 bridgehead atoms. The lowest BCUT2D eigenvalue weighted by molar-refractivity contribution is -0.180. The Morgan fingerprint density at radius 1 is 1.71 bits per heavy atom. The molecule has 0 fully saturated rings. The highest BCUT2D eigenvalue weighted by Crippen LogP contribution is 1.79. The Morgan fingerprint density at radius 3 is 2.43 bits per heavy atom. The third-order valence-corrected chi connectivity index (χ3v) is 1.41. The molecule has 0 aromatic rings. The van der Waals surface area contributed by atoms with Crippen LogP contribution >= 0.6 is 0 Å². The number of hydrogen-bond donors (Lipinski definition) is 2. The van der Waals surface area contributed by atoms with Crippen molar-refractivity contribution in [2.24, 2.45) is 0 Å². The molecule has 0 saturated carbocycles. The third-order valence-electron chi connectivity index (χ3n) is 0.471. The van der Waals surface area contributed by atoms with Crippen LogP contribution in [0.25, 0.3) is 0 Å². The SMILES string of the molecule is CC[SiH2]OC(O)O. The monoisotopic (exact) mass is 122 g/mol. The highest BCUT2D eigenvalue weighted by atomic mass is 28.2. The minimum Gasteiger partial charge on any atom is -0.379 e. The fourth-order valence-corrected chi connectivity index (χ4v) is 0.670. The van der Waals surface area contributed by atoms with Gasteiger partial charge in [0.1, 0.15) is 0 Å². The van der Waals surface area contributed by atoms with Gasteiger partial charge in [-0.1, -0.05) is 6.92 Å². The van der Waals surface area contributed by atoms with Gasteiger partial charge in [-0.05, 0) is 6.04 Å². The lowest BCUT2D eigenvalue weighted by atomic mass is 11.0. The summed E-state index contributed by atoms with van der Waals surface area (Å²) in [6.07, 6.45) is 0. The van der Waals surface area contributed by atoms with E-state index in [2.05, 4.69) is 4.43 Å². The van der Waals surface area contributed by atoms with E-state index >= 15 is 0 Å². The Labute approximate surface area is 44.9 Å². The second-order valence-electron chi connectivity index (χ2n) is 1.20. The summed E-state index contributed by atoms with van der Waals surface area (Å²) in [6.45, 7) is 0.417. The van der Waals surface area contributed by atoms with Gasteiger partial charge in [0.15, 0.2) is 9.76 Å². The van der Waals surface area contributed by atoms with Crippen LogP contribution in [0.4, 0.5) is 0 Å². The van der Waals surface area contributed by atoms with Crippen LogP contribution in [-0.2, 0) is 4.43 Å². The molecule has 0 radical (unpaired) electrons. The predicted octanol–water partition coefficient (Wildman–Crippen LogP) is -1.21. The van der Waals surface area contributed by atoms with Crippen molar-refractivity contribution in [2.75, 3.05) is 0 Å². The number of hydrogen-bond acceptors (Lipinski definition) is 3. The molecule has 0 heterocycles. The molecular weight excluding hydrogens is 112 g/mol. The van der Waals surface area contributed by atoms with Gasteiger partial charge < -0.3 is 14.6 Å². The van der Waals surface area contributed by atoms with Crippen LogP contribution in [0.1, 0.15) is 6.92 Å². The zero-order valence-corrected chi connectivity index (χ0v) is 5.71. The summed E-state index contributed by atoms with van der Waals surface area (Å²) >= 11 is 0. The standard InChI is InChI=1S/C3H10O3Si/c1-2-7-6-3(4)5/h3-5H,2,7H2,1H3. The van der Waals surface area contributed by atoms with E-state index in [1.165, 1.54) is 0 Å². The molecule has 0 unspecified atom stereocenters. The van der Waals surface area contributed by atoms with Crippen molar-refractivity contribution >= 4 is 9.76 Å². The molecule has 0 aromatic heterocycles. The number of rotatable bonds is 3. The van der Waals surface area contributed by atoms with Crippen molar-refractivity contribution in [3.05, 3.63) is 0 Å².